The summed E-state index contributed by atoms with van der Waals surface area (Å²) in [6.45, 7) is 3.88. The van der Waals surface area contributed by atoms with Crippen LogP contribution in [0, 0.1) is 6.92 Å². The Kier molecular flexibility index (Phi) is 4.49. The van der Waals surface area contributed by atoms with Crippen LogP contribution in [0.5, 0.6) is 0 Å². The molecule has 0 saturated heterocycles. The molecule has 0 aromatic heterocycles. The summed E-state index contributed by atoms with van der Waals surface area (Å²) in [5.74, 6) is 0. The third kappa shape index (κ3) is 3.16. The minimum atomic E-state index is -0.447. The van der Waals surface area contributed by atoms with Crippen molar-refractivity contribution in [3.8, 4) is 0 Å². The van der Waals surface area contributed by atoms with E-state index < -0.39 is 6.10 Å². The third-order valence-corrected chi connectivity index (χ3v) is 4.60. The van der Waals surface area contributed by atoms with Crippen LogP contribution in [0.25, 0.3) is 0 Å². The SMILES string of the molecule is Cc1ccccc1Sc1ccc(C(C)O)c(Br)c1. The van der Waals surface area contributed by atoms with Gasteiger partial charge >= 0.3 is 0 Å². The zero-order valence-electron chi connectivity index (χ0n) is 10.4. The molecule has 0 aliphatic rings. The first-order chi connectivity index (χ1) is 8.58. The summed E-state index contributed by atoms with van der Waals surface area (Å²) in [5, 5.41) is 9.59. The van der Waals surface area contributed by atoms with Crippen molar-refractivity contribution in [2.75, 3.05) is 0 Å². The predicted molar refractivity (Wildman–Crippen MR) is 80.1 cm³/mol. The second-order valence-electron chi connectivity index (χ2n) is 4.23. The molecule has 0 bridgehead atoms. The Hall–Kier alpha value is -0.770. The molecule has 1 atom stereocenters. The number of aliphatic hydroxyl groups excluding tert-OH is 1. The first-order valence-electron chi connectivity index (χ1n) is 5.79. The number of aryl methyl sites for hydroxylation is 1. The van der Waals surface area contributed by atoms with E-state index in [0.717, 1.165) is 10.0 Å². The molecule has 94 valence electrons. The van der Waals surface area contributed by atoms with E-state index in [4.69, 9.17) is 0 Å². The molecule has 18 heavy (non-hydrogen) atoms. The quantitative estimate of drug-likeness (QED) is 0.861. The highest BCUT2D eigenvalue weighted by Crippen LogP contribution is 2.34. The van der Waals surface area contributed by atoms with Crippen LogP contribution in [0.2, 0.25) is 0 Å². The molecule has 2 rings (SSSR count). The van der Waals surface area contributed by atoms with Gasteiger partial charge in [0.05, 0.1) is 6.10 Å². The molecule has 0 saturated carbocycles. The molecule has 2 aromatic carbocycles. The van der Waals surface area contributed by atoms with Crippen LogP contribution in [-0.4, -0.2) is 5.11 Å². The second kappa shape index (κ2) is 5.91. The van der Waals surface area contributed by atoms with Crippen LogP contribution in [0.4, 0.5) is 0 Å². The average Bonchev–Trinajstić information content (AvgIpc) is 2.32. The summed E-state index contributed by atoms with van der Waals surface area (Å²) in [5.41, 5.74) is 2.20. The van der Waals surface area contributed by atoms with Crippen LogP contribution < -0.4 is 0 Å². The van der Waals surface area contributed by atoms with Gasteiger partial charge in [-0.2, -0.15) is 0 Å². The molecule has 0 aliphatic heterocycles. The van der Waals surface area contributed by atoms with Gasteiger partial charge in [0.1, 0.15) is 0 Å². The van der Waals surface area contributed by atoms with E-state index in [0.29, 0.717) is 0 Å². The van der Waals surface area contributed by atoms with Crippen molar-refractivity contribution in [3.63, 3.8) is 0 Å². The van der Waals surface area contributed by atoms with Gasteiger partial charge in [0.15, 0.2) is 0 Å². The molecular formula is C15H15BrOS. The molecule has 0 radical (unpaired) electrons. The Balaban J connectivity index is 2.26. The van der Waals surface area contributed by atoms with Crippen molar-refractivity contribution >= 4 is 27.7 Å². The van der Waals surface area contributed by atoms with Crippen molar-refractivity contribution in [1.82, 2.24) is 0 Å². The van der Waals surface area contributed by atoms with Crippen molar-refractivity contribution in [3.05, 3.63) is 58.1 Å². The maximum Gasteiger partial charge on any atom is 0.0772 e. The fourth-order valence-corrected chi connectivity index (χ4v) is 3.51. The van der Waals surface area contributed by atoms with Crippen LogP contribution in [0.3, 0.4) is 0 Å². The Morgan fingerprint density at radius 1 is 1.17 bits per heavy atom. The van der Waals surface area contributed by atoms with Crippen LogP contribution >= 0.6 is 27.7 Å². The molecule has 0 aliphatic carbocycles. The minimum Gasteiger partial charge on any atom is -0.389 e. The number of aliphatic hydroxyl groups is 1. The maximum atomic E-state index is 9.59. The maximum absolute atomic E-state index is 9.59. The lowest BCUT2D eigenvalue weighted by Crippen LogP contribution is -1.92. The van der Waals surface area contributed by atoms with Gasteiger partial charge in [0, 0.05) is 14.3 Å². The van der Waals surface area contributed by atoms with Crippen molar-refractivity contribution in [2.45, 2.75) is 29.7 Å². The lowest BCUT2D eigenvalue weighted by Gasteiger charge is -2.10. The van der Waals surface area contributed by atoms with Crippen molar-refractivity contribution < 1.29 is 5.11 Å². The molecule has 0 fully saturated rings. The lowest BCUT2D eigenvalue weighted by molar-refractivity contribution is 0.198. The first-order valence-corrected chi connectivity index (χ1v) is 7.40. The average molecular weight is 323 g/mol. The topological polar surface area (TPSA) is 20.2 Å². The second-order valence-corrected chi connectivity index (χ2v) is 6.20. The minimum absolute atomic E-state index is 0.447. The number of hydrogen-bond acceptors (Lipinski definition) is 2. The molecule has 0 heterocycles. The van der Waals surface area contributed by atoms with Crippen molar-refractivity contribution in [1.29, 1.82) is 0 Å². The van der Waals surface area contributed by atoms with Gasteiger partial charge in [-0.15, -0.1) is 0 Å². The van der Waals surface area contributed by atoms with Gasteiger partial charge in [0.25, 0.3) is 0 Å². The van der Waals surface area contributed by atoms with Gasteiger partial charge < -0.3 is 5.11 Å². The Morgan fingerprint density at radius 3 is 2.50 bits per heavy atom. The molecule has 1 N–H and O–H groups in total. The highest BCUT2D eigenvalue weighted by Gasteiger charge is 2.08. The molecule has 1 nitrogen and oxygen atoms in total. The van der Waals surface area contributed by atoms with E-state index in [-0.39, 0.29) is 0 Å². The zero-order valence-corrected chi connectivity index (χ0v) is 12.8. The Morgan fingerprint density at radius 2 is 1.89 bits per heavy atom. The largest absolute Gasteiger partial charge is 0.389 e. The monoisotopic (exact) mass is 322 g/mol. The molecule has 1 unspecified atom stereocenters. The summed E-state index contributed by atoms with van der Waals surface area (Å²) in [6.07, 6.45) is -0.447. The Bertz CT molecular complexity index is 552. The lowest BCUT2D eigenvalue weighted by atomic mass is 10.1. The smallest absolute Gasteiger partial charge is 0.0772 e. The summed E-state index contributed by atoms with van der Waals surface area (Å²) in [6, 6.07) is 14.4. The van der Waals surface area contributed by atoms with Gasteiger partial charge in [-0.05, 0) is 43.2 Å². The number of halogens is 1. The fraction of sp³-hybridized carbons (Fsp3) is 0.200. The molecule has 0 spiro atoms. The van der Waals surface area contributed by atoms with E-state index in [1.54, 1.807) is 18.7 Å². The van der Waals surface area contributed by atoms with Gasteiger partial charge in [-0.25, -0.2) is 0 Å². The van der Waals surface area contributed by atoms with Crippen LogP contribution in [0.15, 0.2) is 56.7 Å². The normalized spacial score (nSPS) is 12.4. The molecule has 0 amide bonds. The predicted octanol–water partition coefficient (Wildman–Crippen LogP) is 4.96. The Labute approximate surface area is 120 Å². The van der Waals surface area contributed by atoms with Gasteiger partial charge in [0.2, 0.25) is 0 Å². The number of rotatable bonds is 3. The van der Waals surface area contributed by atoms with E-state index in [1.807, 2.05) is 18.2 Å². The zero-order chi connectivity index (χ0) is 13.1. The van der Waals surface area contributed by atoms with E-state index in [2.05, 4.69) is 47.1 Å². The third-order valence-electron chi connectivity index (χ3n) is 2.74. The number of hydrogen-bond donors (Lipinski definition) is 1. The first kappa shape index (κ1) is 13.7. The van der Waals surface area contributed by atoms with E-state index >= 15 is 0 Å². The number of benzene rings is 2. The molecule has 2 aromatic rings. The summed E-state index contributed by atoms with van der Waals surface area (Å²) < 4.78 is 0.955. The van der Waals surface area contributed by atoms with Crippen LogP contribution in [0.1, 0.15) is 24.2 Å². The summed E-state index contributed by atoms with van der Waals surface area (Å²) in [7, 11) is 0. The molecular weight excluding hydrogens is 308 g/mol. The van der Waals surface area contributed by atoms with Gasteiger partial charge in [-0.1, -0.05) is 52.0 Å². The summed E-state index contributed by atoms with van der Waals surface area (Å²) in [4.78, 5) is 2.43. The van der Waals surface area contributed by atoms with Crippen LogP contribution in [-0.2, 0) is 0 Å². The standard InChI is InChI=1S/C15H15BrOS/c1-10-5-3-4-6-15(10)18-12-7-8-13(11(2)17)14(16)9-12/h3-9,11,17H,1-2H3. The van der Waals surface area contributed by atoms with E-state index in [9.17, 15) is 5.11 Å². The molecule has 3 heteroatoms. The van der Waals surface area contributed by atoms with Gasteiger partial charge in [-0.3, -0.25) is 0 Å². The highest BCUT2D eigenvalue weighted by molar-refractivity contribution is 9.10. The van der Waals surface area contributed by atoms with E-state index in [1.165, 1.54) is 15.4 Å². The van der Waals surface area contributed by atoms with Crippen molar-refractivity contribution in [2.24, 2.45) is 0 Å². The fourth-order valence-electron chi connectivity index (χ4n) is 1.71. The summed E-state index contributed by atoms with van der Waals surface area (Å²) >= 11 is 5.24. The highest BCUT2D eigenvalue weighted by atomic mass is 79.9.